The van der Waals surface area contributed by atoms with Gasteiger partial charge >= 0.3 is 0 Å². The third-order valence-corrected chi connectivity index (χ3v) is 1.54. The normalized spacial score (nSPS) is 32.6. The van der Waals surface area contributed by atoms with Crippen molar-refractivity contribution < 1.29 is 14.3 Å². The molecule has 0 radical (unpaired) electrons. The van der Waals surface area contributed by atoms with Crippen LogP contribution in [0.3, 0.4) is 0 Å². The minimum atomic E-state index is -0.315. The number of Topliss-reactive ketones (excluding diaryl/α,β-unsaturated/α-hetero) is 1. The van der Waals surface area contributed by atoms with E-state index in [-0.39, 0.29) is 18.2 Å². The molecule has 0 aliphatic carbocycles. The summed E-state index contributed by atoms with van der Waals surface area (Å²) in [5.41, 5.74) is 0. The lowest BCUT2D eigenvalue weighted by Gasteiger charge is -2.05. The Bertz CT molecular complexity index is 133. The first kappa shape index (κ1) is 7.69. The van der Waals surface area contributed by atoms with E-state index in [1.54, 1.807) is 0 Å². The standard InChI is InChI=1S/C7H12O3/c1-3-7-9-4-6(10-7)5(2)8/h6-7H,3-4H2,1-2H3/t6-,7?/m0/s1. The lowest BCUT2D eigenvalue weighted by atomic mass is 10.3. The minimum absolute atomic E-state index is 0.0518. The SMILES string of the molecule is CCC1OC[C@@H](C(C)=O)O1. The van der Waals surface area contributed by atoms with Gasteiger partial charge in [-0.1, -0.05) is 6.92 Å². The zero-order chi connectivity index (χ0) is 7.56. The summed E-state index contributed by atoms with van der Waals surface area (Å²) in [5.74, 6) is 0.0518. The molecule has 1 saturated heterocycles. The van der Waals surface area contributed by atoms with Crippen molar-refractivity contribution in [1.29, 1.82) is 0 Å². The second kappa shape index (κ2) is 3.12. The number of rotatable bonds is 2. The molecule has 3 heteroatoms. The highest BCUT2D eigenvalue weighted by Gasteiger charge is 2.27. The molecule has 1 rings (SSSR count). The molecular formula is C7H12O3. The van der Waals surface area contributed by atoms with E-state index in [1.165, 1.54) is 6.92 Å². The van der Waals surface area contributed by atoms with Crippen molar-refractivity contribution in [3.63, 3.8) is 0 Å². The van der Waals surface area contributed by atoms with Crippen LogP contribution >= 0.6 is 0 Å². The van der Waals surface area contributed by atoms with E-state index < -0.39 is 0 Å². The van der Waals surface area contributed by atoms with Crippen LogP contribution in [-0.2, 0) is 14.3 Å². The van der Waals surface area contributed by atoms with Gasteiger partial charge in [-0.3, -0.25) is 4.79 Å². The summed E-state index contributed by atoms with van der Waals surface area (Å²) in [6, 6.07) is 0. The maximum absolute atomic E-state index is 10.7. The van der Waals surface area contributed by atoms with Gasteiger partial charge in [0, 0.05) is 0 Å². The molecular weight excluding hydrogens is 132 g/mol. The predicted octanol–water partition coefficient (Wildman–Crippen LogP) is 0.727. The van der Waals surface area contributed by atoms with Crippen LogP contribution in [0.15, 0.2) is 0 Å². The first-order valence-corrected chi connectivity index (χ1v) is 3.51. The highest BCUT2D eigenvalue weighted by molar-refractivity contribution is 5.80. The molecule has 0 aromatic heterocycles. The predicted molar refractivity (Wildman–Crippen MR) is 35.6 cm³/mol. The molecule has 3 nitrogen and oxygen atoms in total. The van der Waals surface area contributed by atoms with Crippen LogP contribution in [0.4, 0.5) is 0 Å². The van der Waals surface area contributed by atoms with Crippen molar-refractivity contribution >= 4 is 5.78 Å². The Morgan fingerprint density at radius 2 is 2.40 bits per heavy atom. The van der Waals surface area contributed by atoms with Gasteiger partial charge in [0.2, 0.25) is 0 Å². The molecule has 0 amide bonds. The van der Waals surface area contributed by atoms with Gasteiger partial charge in [0.1, 0.15) is 6.10 Å². The minimum Gasteiger partial charge on any atom is -0.349 e. The van der Waals surface area contributed by atoms with E-state index in [0.29, 0.717) is 6.61 Å². The second-order valence-corrected chi connectivity index (χ2v) is 2.41. The van der Waals surface area contributed by atoms with Crippen LogP contribution in [0, 0.1) is 0 Å². The van der Waals surface area contributed by atoms with Crippen molar-refractivity contribution in [2.75, 3.05) is 6.61 Å². The van der Waals surface area contributed by atoms with Crippen LogP contribution in [0.1, 0.15) is 20.3 Å². The molecule has 58 valence electrons. The molecule has 1 aliphatic rings. The fourth-order valence-corrected chi connectivity index (χ4v) is 0.884. The summed E-state index contributed by atoms with van der Waals surface area (Å²) in [7, 11) is 0. The lowest BCUT2D eigenvalue weighted by Crippen LogP contribution is -2.20. The van der Waals surface area contributed by atoms with Gasteiger partial charge in [0.15, 0.2) is 12.1 Å². The van der Waals surface area contributed by atoms with E-state index in [9.17, 15) is 4.79 Å². The van der Waals surface area contributed by atoms with Crippen molar-refractivity contribution in [3.05, 3.63) is 0 Å². The summed E-state index contributed by atoms with van der Waals surface area (Å²) in [4.78, 5) is 10.7. The summed E-state index contributed by atoms with van der Waals surface area (Å²) >= 11 is 0. The first-order chi connectivity index (χ1) is 4.74. The first-order valence-electron chi connectivity index (χ1n) is 3.51. The van der Waals surface area contributed by atoms with Crippen LogP contribution in [-0.4, -0.2) is 24.8 Å². The van der Waals surface area contributed by atoms with E-state index in [1.807, 2.05) is 6.92 Å². The van der Waals surface area contributed by atoms with E-state index in [2.05, 4.69) is 0 Å². The number of carbonyl (C=O) groups is 1. The summed E-state index contributed by atoms with van der Waals surface area (Å²) in [6.45, 7) is 3.91. The molecule has 0 aromatic rings. The molecule has 0 spiro atoms. The molecule has 0 bridgehead atoms. The topological polar surface area (TPSA) is 35.5 Å². The molecule has 2 atom stereocenters. The number of carbonyl (C=O) groups excluding carboxylic acids is 1. The lowest BCUT2D eigenvalue weighted by molar-refractivity contribution is -0.129. The van der Waals surface area contributed by atoms with Crippen molar-refractivity contribution in [2.45, 2.75) is 32.7 Å². The van der Waals surface area contributed by atoms with Gasteiger partial charge in [-0.15, -0.1) is 0 Å². The Morgan fingerprint density at radius 1 is 1.70 bits per heavy atom. The fraction of sp³-hybridized carbons (Fsp3) is 0.857. The average molecular weight is 144 g/mol. The van der Waals surface area contributed by atoms with Gasteiger partial charge in [0.05, 0.1) is 6.61 Å². The van der Waals surface area contributed by atoms with Gasteiger partial charge in [-0.05, 0) is 13.3 Å². The van der Waals surface area contributed by atoms with E-state index >= 15 is 0 Å². The number of hydrogen-bond donors (Lipinski definition) is 0. The number of hydrogen-bond acceptors (Lipinski definition) is 3. The third kappa shape index (κ3) is 1.55. The fourth-order valence-electron chi connectivity index (χ4n) is 0.884. The zero-order valence-electron chi connectivity index (χ0n) is 6.29. The molecule has 0 aromatic carbocycles. The molecule has 0 N–H and O–H groups in total. The maximum Gasteiger partial charge on any atom is 0.161 e. The largest absolute Gasteiger partial charge is 0.349 e. The van der Waals surface area contributed by atoms with Gasteiger partial charge < -0.3 is 9.47 Å². The summed E-state index contributed by atoms with van der Waals surface area (Å²) in [5, 5.41) is 0. The Balaban J connectivity index is 2.35. The molecule has 10 heavy (non-hydrogen) atoms. The quantitative estimate of drug-likeness (QED) is 0.573. The van der Waals surface area contributed by atoms with Crippen LogP contribution < -0.4 is 0 Å². The molecule has 0 saturated carbocycles. The van der Waals surface area contributed by atoms with Crippen LogP contribution in [0.2, 0.25) is 0 Å². The Kier molecular flexibility index (Phi) is 2.40. The molecule has 1 fully saturated rings. The summed E-state index contributed by atoms with van der Waals surface area (Å²) in [6.07, 6.45) is 0.336. The molecule has 1 unspecified atom stereocenters. The second-order valence-electron chi connectivity index (χ2n) is 2.41. The average Bonchev–Trinajstić information content (AvgIpc) is 2.34. The van der Waals surface area contributed by atoms with Gasteiger partial charge in [-0.2, -0.15) is 0 Å². The number of ketones is 1. The Hall–Kier alpha value is -0.410. The van der Waals surface area contributed by atoms with E-state index in [0.717, 1.165) is 6.42 Å². The molecule has 1 aliphatic heterocycles. The number of ether oxygens (including phenoxy) is 2. The van der Waals surface area contributed by atoms with Crippen LogP contribution in [0.25, 0.3) is 0 Å². The van der Waals surface area contributed by atoms with Gasteiger partial charge in [-0.25, -0.2) is 0 Å². The Labute approximate surface area is 60.3 Å². The molecule has 1 heterocycles. The Morgan fingerprint density at radius 3 is 2.70 bits per heavy atom. The van der Waals surface area contributed by atoms with Gasteiger partial charge in [0.25, 0.3) is 0 Å². The summed E-state index contributed by atoms with van der Waals surface area (Å²) < 4.78 is 10.3. The third-order valence-electron chi connectivity index (χ3n) is 1.54. The highest BCUT2D eigenvalue weighted by atomic mass is 16.7. The monoisotopic (exact) mass is 144 g/mol. The van der Waals surface area contributed by atoms with Crippen molar-refractivity contribution in [2.24, 2.45) is 0 Å². The van der Waals surface area contributed by atoms with Crippen molar-refractivity contribution in [3.8, 4) is 0 Å². The van der Waals surface area contributed by atoms with E-state index in [4.69, 9.17) is 9.47 Å². The van der Waals surface area contributed by atoms with Crippen LogP contribution in [0.5, 0.6) is 0 Å². The highest BCUT2D eigenvalue weighted by Crippen LogP contribution is 2.14. The zero-order valence-corrected chi connectivity index (χ0v) is 6.29. The smallest absolute Gasteiger partial charge is 0.161 e. The van der Waals surface area contributed by atoms with Crippen molar-refractivity contribution in [1.82, 2.24) is 0 Å². The maximum atomic E-state index is 10.7.